The number of ether oxygens (including phenoxy) is 1. The van der Waals surface area contributed by atoms with Crippen LogP contribution in [-0.4, -0.2) is 35.8 Å². The number of aromatic nitrogens is 2. The molecule has 1 saturated carbocycles. The van der Waals surface area contributed by atoms with Crippen LogP contribution in [-0.2, 0) is 25.9 Å². The Hall–Kier alpha value is -2.67. The molecule has 1 aliphatic rings. The van der Waals surface area contributed by atoms with Crippen molar-refractivity contribution in [1.29, 1.82) is 0 Å². The summed E-state index contributed by atoms with van der Waals surface area (Å²) in [6.07, 6.45) is 2.97. The molecule has 30 heavy (non-hydrogen) atoms. The topological polar surface area (TPSA) is 78.3 Å². The van der Waals surface area contributed by atoms with Gasteiger partial charge in [0.25, 0.3) is 0 Å². The molecule has 2 aromatic carbocycles. The minimum Gasteiger partial charge on any atom is -0.468 e. The molecule has 0 bridgehead atoms. The SMILES string of the molecule is COC(=O)C1(S(=O)(=O)c2ccc(Cn3c(C)nc4ccccc43)cc2)CCCCC1. The third-order valence-corrected chi connectivity index (χ3v) is 8.65. The summed E-state index contributed by atoms with van der Waals surface area (Å²) >= 11 is 0. The van der Waals surface area contributed by atoms with Crippen LogP contribution in [0.15, 0.2) is 53.4 Å². The van der Waals surface area contributed by atoms with E-state index in [1.54, 1.807) is 12.1 Å². The summed E-state index contributed by atoms with van der Waals surface area (Å²) in [6, 6.07) is 14.8. The number of carbonyl (C=O) groups excluding carboxylic acids is 1. The van der Waals surface area contributed by atoms with Crippen molar-refractivity contribution in [2.45, 2.75) is 55.2 Å². The van der Waals surface area contributed by atoms with Crippen molar-refractivity contribution in [2.75, 3.05) is 7.11 Å². The molecule has 1 aliphatic carbocycles. The van der Waals surface area contributed by atoms with Crippen LogP contribution >= 0.6 is 0 Å². The monoisotopic (exact) mass is 426 g/mol. The molecule has 0 atom stereocenters. The molecular weight excluding hydrogens is 400 g/mol. The number of hydrogen-bond donors (Lipinski definition) is 0. The minimum absolute atomic E-state index is 0.172. The van der Waals surface area contributed by atoms with Gasteiger partial charge >= 0.3 is 5.97 Å². The number of esters is 1. The molecule has 1 fully saturated rings. The highest BCUT2D eigenvalue weighted by Gasteiger charge is 2.52. The van der Waals surface area contributed by atoms with Gasteiger partial charge in [0.15, 0.2) is 14.6 Å². The van der Waals surface area contributed by atoms with Crippen LogP contribution in [0.4, 0.5) is 0 Å². The molecule has 0 unspecified atom stereocenters. The highest BCUT2D eigenvalue weighted by atomic mass is 32.2. The molecule has 0 aliphatic heterocycles. The van der Waals surface area contributed by atoms with Crippen molar-refractivity contribution < 1.29 is 17.9 Å². The van der Waals surface area contributed by atoms with Gasteiger partial charge in [-0.15, -0.1) is 0 Å². The number of fused-ring (bicyclic) bond motifs is 1. The zero-order chi connectivity index (χ0) is 21.4. The van der Waals surface area contributed by atoms with Crippen molar-refractivity contribution in [3.05, 3.63) is 59.9 Å². The first-order chi connectivity index (χ1) is 14.4. The largest absolute Gasteiger partial charge is 0.468 e. The van der Waals surface area contributed by atoms with Crippen molar-refractivity contribution in [2.24, 2.45) is 0 Å². The summed E-state index contributed by atoms with van der Waals surface area (Å²) in [4.78, 5) is 17.3. The van der Waals surface area contributed by atoms with Crippen LogP contribution < -0.4 is 0 Å². The number of aryl methyl sites for hydroxylation is 1. The van der Waals surface area contributed by atoms with Gasteiger partial charge < -0.3 is 9.30 Å². The maximum atomic E-state index is 13.5. The number of carbonyl (C=O) groups is 1. The lowest BCUT2D eigenvalue weighted by molar-refractivity contribution is -0.144. The smallest absolute Gasteiger partial charge is 0.327 e. The summed E-state index contributed by atoms with van der Waals surface area (Å²) < 4.78 is 32.5. The van der Waals surface area contributed by atoms with Crippen LogP contribution in [0.3, 0.4) is 0 Å². The van der Waals surface area contributed by atoms with Gasteiger partial charge in [0.05, 0.1) is 23.0 Å². The molecule has 158 valence electrons. The Kier molecular flexibility index (Phi) is 5.40. The molecule has 7 heteroatoms. The molecule has 6 nitrogen and oxygen atoms in total. The third-order valence-electron chi connectivity index (χ3n) is 6.15. The normalized spacial score (nSPS) is 16.5. The summed E-state index contributed by atoms with van der Waals surface area (Å²) in [5, 5.41) is 0. The molecule has 1 heterocycles. The average Bonchev–Trinajstić information content (AvgIpc) is 3.09. The van der Waals surface area contributed by atoms with E-state index in [0.29, 0.717) is 32.2 Å². The van der Waals surface area contributed by atoms with Gasteiger partial charge in [-0.3, -0.25) is 4.79 Å². The molecule has 1 aromatic heterocycles. The molecule has 0 saturated heterocycles. The fourth-order valence-corrected chi connectivity index (χ4v) is 6.54. The number of rotatable bonds is 5. The second kappa shape index (κ2) is 7.87. The molecule has 0 radical (unpaired) electrons. The quantitative estimate of drug-likeness (QED) is 0.575. The van der Waals surface area contributed by atoms with E-state index in [0.717, 1.165) is 28.8 Å². The predicted molar refractivity (Wildman–Crippen MR) is 115 cm³/mol. The summed E-state index contributed by atoms with van der Waals surface area (Å²) in [5.74, 6) is 0.256. The van der Waals surface area contributed by atoms with Crippen LogP contribution in [0.1, 0.15) is 43.5 Å². The van der Waals surface area contributed by atoms with E-state index < -0.39 is 20.6 Å². The Morgan fingerprint density at radius 2 is 1.73 bits per heavy atom. The number of hydrogen-bond acceptors (Lipinski definition) is 5. The van der Waals surface area contributed by atoms with Crippen LogP contribution in [0.5, 0.6) is 0 Å². The molecule has 0 spiro atoms. The molecule has 0 amide bonds. The second-order valence-electron chi connectivity index (χ2n) is 7.93. The summed E-state index contributed by atoms with van der Waals surface area (Å²) in [6.45, 7) is 2.55. The van der Waals surface area contributed by atoms with E-state index in [1.165, 1.54) is 7.11 Å². The number of imidazole rings is 1. The molecular formula is C23H26N2O4S. The van der Waals surface area contributed by atoms with Crippen molar-refractivity contribution in [1.82, 2.24) is 9.55 Å². The number of methoxy groups -OCH3 is 1. The van der Waals surface area contributed by atoms with Crippen LogP contribution in [0.2, 0.25) is 0 Å². The van der Waals surface area contributed by atoms with Crippen LogP contribution in [0, 0.1) is 6.92 Å². The fraction of sp³-hybridized carbons (Fsp3) is 0.391. The highest BCUT2D eigenvalue weighted by molar-refractivity contribution is 7.93. The Labute approximate surface area is 176 Å². The maximum Gasteiger partial charge on any atom is 0.327 e. The lowest BCUT2D eigenvalue weighted by atomic mass is 9.88. The van der Waals surface area contributed by atoms with Gasteiger partial charge in [-0.2, -0.15) is 0 Å². The molecule has 0 N–H and O–H groups in total. The van der Waals surface area contributed by atoms with Crippen molar-refractivity contribution in [3.63, 3.8) is 0 Å². The number of benzene rings is 2. The average molecular weight is 427 g/mol. The highest BCUT2D eigenvalue weighted by Crippen LogP contribution is 2.40. The first kappa shape index (κ1) is 20.6. The van der Waals surface area contributed by atoms with Gasteiger partial charge in [-0.05, 0) is 49.6 Å². The number of nitrogens with zero attached hydrogens (tertiary/aromatic N) is 2. The van der Waals surface area contributed by atoms with E-state index in [9.17, 15) is 13.2 Å². The lowest BCUT2D eigenvalue weighted by Gasteiger charge is -2.33. The Morgan fingerprint density at radius 3 is 2.40 bits per heavy atom. The second-order valence-corrected chi connectivity index (χ2v) is 10.2. The van der Waals surface area contributed by atoms with E-state index >= 15 is 0 Å². The van der Waals surface area contributed by atoms with E-state index in [-0.39, 0.29) is 4.90 Å². The lowest BCUT2D eigenvalue weighted by Crippen LogP contribution is -2.48. The van der Waals surface area contributed by atoms with Gasteiger partial charge in [-0.25, -0.2) is 13.4 Å². The maximum absolute atomic E-state index is 13.5. The van der Waals surface area contributed by atoms with E-state index in [4.69, 9.17) is 4.74 Å². The Morgan fingerprint density at radius 1 is 1.07 bits per heavy atom. The first-order valence-electron chi connectivity index (χ1n) is 10.2. The minimum atomic E-state index is -3.85. The van der Waals surface area contributed by atoms with E-state index in [2.05, 4.69) is 9.55 Å². The number of sulfone groups is 1. The third kappa shape index (κ3) is 3.31. The predicted octanol–water partition coefficient (Wildman–Crippen LogP) is 4.04. The van der Waals surface area contributed by atoms with Crippen molar-refractivity contribution >= 4 is 26.8 Å². The zero-order valence-corrected chi connectivity index (χ0v) is 18.1. The van der Waals surface area contributed by atoms with Crippen molar-refractivity contribution in [3.8, 4) is 0 Å². The molecule has 3 aromatic rings. The van der Waals surface area contributed by atoms with E-state index in [1.807, 2.05) is 43.3 Å². The molecule has 4 rings (SSSR count). The van der Waals surface area contributed by atoms with Crippen LogP contribution in [0.25, 0.3) is 11.0 Å². The standard InChI is InChI=1S/C23H26N2O4S/c1-17-24-20-8-4-5-9-21(20)25(17)16-18-10-12-19(13-11-18)30(27,28)23(22(26)29-2)14-6-3-7-15-23/h4-5,8-13H,3,6-7,14-16H2,1-2H3. The number of para-hydroxylation sites is 2. The van der Waals surface area contributed by atoms with Gasteiger partial charge in [0.1, 0.15) is 5.82 Å². The van der Waals surface area contributed by atoms with Gasteiger partial charge in [0.2, 0.25) is 0 Å². The summed E-state index contributed by atoms with van der Waals surface area (Å²) in [7, 11) is -2.59. The van der Waals surface area contributed by atoms with Gasteiger partial charge in [-0.1, -0.05) is 43.5 Å². The van der Waals surface area contributed by atoms with Gasteiger partial charge in [0, 0.05) is 6.54 Å². The Bertz CT molecular complexity index is 1170. The first-order valence-corrected chi connectivity index (χ1v) is 11.7. The fourth-order valence-electron chi connectivity index (χ4n) is 4.47. The zero-order valence-electron chi connectivity index (χ0n) is 17.3. The Balaban J connectivity index is 1.65. The summed E-state index contributed by atoms with van der Waals surface area (Å²) in [5.41, 5.74) is 2.95.